The van der Waals surface area contributed by atoms with Crippen LogP contribution in [-0.2, 0) is 11.3 Å². The predicted octanol–water partition coefficient (Wildman–Crippen LogP) is 5.21. The fraction of sp³-hybridized carbons (Fsp3) is 0.320. The zero-order chi connectivity index (χ0) is 21.8. The van der Waals surface area contributed by atoms with E-state index < -0.39 is 0 Å². The van der Waals surface area contributed by atoms with Crippen molar-refractivity contribution in [3.63, 3.8) is 0 Å². The molecule has 1 aliphatic heterocycles. The number of rotatable bonds is 5. The van der Waals surface area contributed by atoms with Crippen LogP contribution in [-0.4, -0.2) is 33.7 Å². The monoisotopic (exact) mass is 415 g/mol. The number of aromatic nitrogens is 3. The van der Waals surface area contributed by atoms with Crippen LogP contribution >= 0.6 is 0 Å². The number of Topliss-reactive ketones (excluding diaryl/α,β-unsaturated/α-hetero) is 1. The van der Waals surface area contributed by atoms with Gasteiger partial charge in [0.15, 0.2) is 5.78 Å². The highest BCUT2D eigenvalue weighted by atomic mass is 16.5. The van der Waals surface area contributed by atoms with E-state index in [1.54, 1.807) is 6.92 Å². The molecule has 3 aromatic heterocycles. The number of benzene rings is 1. The number of pyridine rings is 1. The van der Waals surface area contributed by atoms with Gasteiger partial charge in [-0.25, -0.2) is 0 Å². The molecular weight excluding hydrogens is 390 g/mol. The van der Waals surface area contributed by atoms with Crippen LogP contribution < -0.4 is 0 Å². The Balaban J connectivity index is 1.67. The number of fused-ring (bicyclic) bond motifs is 1. The molecule has 0 radical (unpaired) electrons. The Bertz CT molecular complexity index is 1270. The summed E-state index contributed by atoms with van der Waals surface area (Å²) >= 11 is 0. The van der Waals surface area contributed by atoms with Crippen molar-refractivity contribution >= 4 is 16.8 Å². The van der Waals surface area contributed by atoms with Crippen molar-refractivity contribution in [3.8, 4) is 22.3 Å². The standard InChI is InChI=1S/C25H25N3O3/c1-15-23(17(3)31-27-15)20-9-22-24(26-10-20)21(11-28(22)12-25(4)13-30-14-25)19-7-5-18(6-8-19)16(2)29/h5-11H,12-14H2,1-4H3. The molecule has 5 rings (SSSR count). The van der Waals surface area contributed by atoms with Crippen LogP contribution in [0.1, 0.15) is 35.7 Å². The van der Waals surface area contributed by atoms with Gasteiger partial charge in [-0.2, -0.15) is 0 Å². The van der Waals surface area contributed by atoms with E-state index in [9.17, 15) is 4.79 Å². The number of carbonyl (C=O) groups excluding carboxylic acids is 1. The zero-order valence-corrected chi connectivity index (χ0v) is 18.2. The minimum atomic E-state index is 0.0640. The van der Waals surface area contributed by atoms with Crippen LogP contribution in [0.3, 0.4) is 0 Å². The highest BCUT2D eigenvalue weighted by Gasteiger charge is 2.34. The summed E-state index contributed by atoms with van der Waals surface area (Å²) in [5.41, 5.74) is 7.77. The summed E-state index contributed by atoms with van der Waals surface area (Å²) in [6.45, 7) is 10.1. The molecule has 6 heteroatoms. The lowest BCUT2D eigenvalue weighted by atomic mass is 9.88. The molecule has 0 bridgehead atoms. The van der Waals surface area contributed by atoms with Crippen molar-refractivity contribution in [1.82, 2.24) is 14.7 Å². The van der Waals surface area contributed by atoms with Crippen LogP contribution in [0.5, 0.6) is 0 Å². The summed E-state index contributed by atoms with van der Waals surface area (Å²) in [4.78, 5) is 16.5. The number of ether oxygens (including phenoxy) is 1. The molecule has 1 saturated heterocycles. The topological polar surface area (TPSA) is 70.2 Å². The third-order valence-electron chi connectivity index (χ3n) is 6.09. The molecular formula is C25H25N3O3. The summed E-state index contributed by atoms with van der Waals surface area (Å²) in [6, 6.07) is 9.91. The van der Waals surface area contributed by atoms with Crippen LogP contribution in [0, 0.1) is 19.3 Å². The molecule has 0 amide bonds. The SMILES string of the molecule is CC(=O)c1ccc(-c2cn(CC3(C)COC3)c3cc(-c4c(C)noc4C)cnc23)cc1. The van der Waals surface area contributed by atoms with Crippen LogP contribution in [0.2, 0.25) is 0 Å². The second-order valence-electron chi connectivity index (χ2n) is 8.90. The first-order valence-electron chi connectivity index (χ1n) is 10.5. The minimum absolute atomic E-state index is 0.0640. The summed E-state index contributed by atoms with van der Waals surface area (Å²) < 4.78 is 13.1. The maximum absolute atomic E-state index is 11.7. The normalized spacial score (nSPS) is 15.2. The Morgan fingerprint density at radius 2 is 1.90 bits per heavy atom. The number of carbonyl (C=O) groups is 1. The molecule has 0 unspecified atom stereocenters. The van der Waals surface area contributed by atoms with Gasteiger partial charge in [-0.3, -0.25) is 9.78 Å². The van der Waals surface area contributed by atoms with E-state index in [-0.39, 0.29) is 11.2 Å². The lowest BCUT2D eigenvalue weighted by Crippen LogP contribution is -2.42. The lowest BCUT2D eigenvalue weighted by molar-refractivity contribution is -0.109. The number of aryl methyl sites for hydroxylation is 2. The summed E-state index contributed by atoms with van der Waals surface area (Å²) in [5, 5.41) is 4.10. The molecule has 1 fully saturated rings. The molecule has 31 heavy (non-hydrogen) atoms. The molecule has 158 valence electrons. The molecule has 0 saturated carbocycles. The lowest BCUT2D eigenvalue weighted by Gasteiger charge is -2.38. The van der Waals surface area contributed by atoms with E-state index in [2.05, 4.69) is 28.9 Å². The Morgan fingerprint density at radius 3 is 2.48 bits per heavy atom. The first-order chi connectivity index (χ1) is 14.8. The molecule has 0 atom stereocenters. The van der Waals surface area contributed by atoms with Gasteiger partial charge in [0.05, 0.1) is 29.9 Å². The maximum atomic E-state index is 11.7. The first-order valence-corrected chi connectivity index (χ1v) is 10.5. The largest absolute Gasteiger partial charge is 0.380 e. The molecule has 0 aliphatic carbocycles. The number of hydrogen-bond donors (Lipinski definition) is 0. The molecule has 0 spiro atoms. The average Bonchev–Trinajstić information content (AvgIpc) is 3.26. The average molecular weight is 415 g/mol. The first kappa shape index (κ1) is 19.7. The van der Waals surface area contributed by atoms with Crippen molar-refractivity contribution in [2.24, 2.45) is 5.41 Å². The van der Waals surface area contributed by atoms with Crippen LogP contribution in [0.4, 0.5) is 0 Å². The van der Waals surface area contributed by atoms with E-state index in [1.807, 2.05) is 44.3 Å². The van der Waals surface area contributed by atoms with Gasteiger partial charge in [-0.1, -0.05) is 36.3 Å². The second-order valence-corrected chi connectivity index (χ2v) is 8.90. The van der Waals surface area contributed by atoms with Crippen molar-refractivity contribution in [2.45, 2.75) is 34.2 Å². The van der Waals surface area contributed by atoms with E-state index in [1.165, 1.54) is 0 Å². The Hall–Kier alpha value is -3.25. The molecule has 4 aromatic rings. The van der Waals surface area contributed by atoms with Gasteiger partial charge in [0.1, 0.15) is 5.76 Å². The van der Waals surface area contributed by atoms with Crippen LogP contribution in [0.15, 0.2) is 47.2 Å². The maximum Gasteiger partial charge on any atom is 0.159 e. The summed E-state index contributed by atoms with van der Waals surface area (Å²) in [7, 11) is 0. The van der Waals surface area contributed by atoms with Gasteiger partial charge in [0.2, 0.25) is 0 Å². The smallest absolute Gasteiger partial charge is 0.159 e. The third-order valence-corrected chi connectivity index (χ3v) is 6.09. The fourth-order valence-corrected chi connectivity index (χ4v) is 4.38. The zero-order valence-electron chi connectivity index (χ0n) is 18.2. The van der Waals surface area contributed by atoms with E-state index in [0.29, 0.717) is 5.56 Å². The van der Waals surface area contributed by atoms with Gasteiger partial charge in [-0.05, 0) is 32.4 Å². The highest BCUT2D eigenvalue weighted by Crippen LogP contribution is 2.37. The van der Waals surface area contributed by atoms with E-state index in [0.717, 1.165) is 64.5 Å². The van der Waals surface area contributed by atoms with Crippen LogP contribution in [0.25, 0.3) is 33.3 Å². The van der Waals surface area contributed by atoms with E-state index >= 15 is 0 Å². The number of nitrogens with zero attached hydrogens (tertiary/aromatic N) is 3. The third kappa shape index (κ3) is 3.37. The molecule has 0 N–H and O–H groups in total. The van der Waals surface area contributed by atoms with E-state index in [4.69, 9.17) is 14.2 Å². The fourth-order valence-electron chi connectivity index (χ4n) is 4.38. The van der Waals surface area contributed by atoms with Gasteiger partial charge >= 0.3 is 0 Å². The molecule has 4 heterocycles. The molecule has 6 nitrogen and oxygen atoms in total. The summed E-state index contributed by atoms with van der Waals surface area (Å²) in [6.07, 6.45) is 4.06. The Kier molecular flexibility index (Phi) is 4.55. The quantitative estimate of drug-likeness (QED) is 0.418. The van der Waals surface area contributed by atoms with Gasteiger partial charge < -0.3 is 13.8 Å². The van der Waals surface area contributed by atoms with Crippen molar-refractivity contribution < 1.29 is 14.1 Å². The number of hydrogen-bond acceptors (Lipinski definition) is 5. The molecule has 1 aliphatic rings. The predicted molar refractivity (Wildman–Crippen MR) is 119 cm³/mol. The van der Waals surface area contributed by atoms with Gasteiger partial charge in [-0.15, -0.1) is 0 Å². The Labute approximate surface area is 180 Å². The number of ketones is 1. The van der Waals surface area contributed by atoms with Gasteiger partial charge in [0, 0.05) is 46.6 Å². The van der Waals surface area contributed by atoms with Crippen molar-refractivity contribution in [3.05, 3.63) is 59.7 Å². The van der Waals surface area contributed by atoms with Crippen molar-refractivity contribution in [1.29, 1.82) is 0 Å². The second kappa shape index (κ2) is 7.17. The molecule has 1 aromatic carbocycles. The van der Waals surface area contributed by atoms with Gasteiger partial charge in [0.25, 0.3) is 0 Å². The Morgan fingerprint density at radius 1 is 1.16 bits per heavy atom. The summed E-state index contributed by atoms with van der Waals surface area (Å²) in [5.74, 6) is 0.852. The highest BCUT2D eigenvalue weighted by molar-refractivity contribution is 5.97. The minimum Gasteiger partial charge on any atom is -0.380 e. The van der Waals surface area contributed by atoms with Crippen molar-refractivity contribution in [2.75, 3.05) is 13.2 Å².